The Labute approximate surface area is 110 Å². The Kier molecular flexibility index (Phi) is 2.56. The third-order valence-corrected chi connectivity index (χ3v) is 3.95. The molecule has 90 valence electrons. The summed E-state index contributed by atoms with van der Waals surface area (Å²) in [4.78, 5) is 13.3. The molecule has 0 unspecified atom stereocenters. The predicted octanol–water partition coefficient (Wildman–Crippen LogP) is 3.98. The van der Waals surface area contributed by atoms with Gasteiger partial charge in [-0.1, -0.05) is 11.6 Å². The number of ketones is 1. The second-order valence-corrected chi connectivity index (χ2v) is 5.35. The van der Waals surface area contributed by atoms with Crippen molar-refractivity contribution < 1.29 is 9.53 Å². The van der Waals surface area contributed by atoms with Gasteiger partial charge in [0.15, 0.2) is 5.76 Å². The number of fused-ring (bicyclic) bond motifs is 1. The van der Waals surface area contributed by atoms with E-state index in [4.69, 9.17) is 4.74 Å². The average molecular weight is 256 g/mol. The van der Waals surface area contributed by atoms with Crippen LogP contribution in [0.1, 0.15) is 26.4 Å². The topological polar surface area (TPSA) is 26.3 Å². The van der Waals surface area contributed by atoms with Crippen LogP contribution in [0.15, 0.2) is 35.4 Å². The van der Waals surface area contributed by atoms with Crippen LogP contribution in [-0.4, -0.2) is 5.78 Å². The van der Waals surface area contributed by atoms with Crippen molar-refractivity contribution in [2.45, 2.75) is 13.8 Å². The number of ether oxygens (including phenoxy) is 1. The summed E-state index contributed by atoms with van der Waals surface area (Å²) in [6.45, 7) is 4.00. The van der Waals surface area contributed by atoms with E-state index in [1.54, 1.807) is 11.3 Å². The first-order valence-electron chi connectivity index (χ1n) is 5.74. The number of Topliss-reactive ketones (excluding diaryl/α,β-unsaturated/α-hetero) is 1. The van der Waals surface area contributed by atoms with Crippen LogP contribution in [0.4, 0.5) is 0 Å². The number of carbonyl (C=O) groups is 1. The molecule has 1 aromatic carbocycles. The molecule has 0 aliphatic carbocycles. The predicted molar refractivity (Wildman–Crippen MR) is 73.2 cm³/mol. The highest BCUT2D eigenvalue weighted by Gasteiger charge is 2.27. The standard InChI is InChI=1S/C15H12O2S/c1-9-3-4-12-11(7-9)15(16)13(17-12)8-14-10(2)5-6-18-14/h3-8H,1-2H3/b13-8-. The summed E-state index contributed by atoms with van der Waals surface area (Å²) >= 11 is 1.61. The van der Waals surface area contributed by atoms with Gasteiger partial charge in [-0.25, -0.2) is 0 Å². The monoisotopic (exact) mass is 256 g/mol. The van der Waals surface area contributed by atoms with Crippen LogP contribution in [0.5, 0.6) is 5.75 Å². The minimum atomic E-state index is -0.0264. The number of allylic oxidation sites excluding steroid dienone is 1. The second kappa shape index (κ2) is 4.10. The molecule has 3 rings (SSSR count). The zero-order valence-electron chi connectivity index (χ0n) is 10.2. The minimum absolute atomic E-state index is 0.0264. The van der Waals surface area contributed by atoms with Crippen LogP contribution in [-0.2, 0) is 0 Å². The van der Waals surface area contributed by atoms with Gasteiger partial charge in [0.25, 0.3) is 0 Å². The molecule has 0 atom stereocenters. The molecule has 0 spiro atoms. The van der Waals surface area contributed by atoms with E-state index in [2.05, 4.69) is 0 Å². The smallest absolute Gasteiger partial charge is 0.232 e. The fourth-order valence-electron chi connectivity index (χ4n) is 1.95. The summed E-state index contributed by atoms with van der Waals surface area (Å²) in [5.74, 6) is 1.05. The zero-order valence-corrected chi connectivity index (χ0v) is 11.0. The fourth-order valence-corrected chi connectivity index (χ4v) is 2.80. The maximum absolute atomic E-state index is 12.2. The number of hydrogen-bond acceptors (Lipinski definition) is 3. The van der Waals surface area contributed by atoms with E-state index in [0.717, 1.165) is 16.0 Å². The number of thiophene rings is 1. The summed E-state index contributed by atoms with van der Waals surface area (Å²) in [6.07, 6.45) is 1.83. The quantitative estimate of drug-likeness (QED) is 0.721. The van der Waals surface area contributed by atoms with E-state index in [0.29, 0.717) is 17.1 Å². The van der Waals surface area contributed by atoms with Gasteiger partial charge in [0.05, 0.1) is 5.56 Å². The molecule has 0 amide bonds. The third kappa shape index (κ3) is 1.77. The minimum Gasteiger partial charge on any atom is -0.452 e. The van der Waals surface area contributed by atoms with Gasteiger partial charge >= 0.3 is 0 Å². The average Bonchev–Trinajstić information content (AvgIpc) is 2.87. The summed E-state index contributed by atoms with van der Waals surface area (Å²) < 4.78 is 5.62. The molecule has 0 bridgehead atoms. The number of aryl methyl sites for hydroxylation is 2. The fraction of sp³-hybridized carbons (Fsp3) is 0.133. The summed E-state index contributed by atoms with van der Waals surface area (Å²) in [5.41, 5.74) is 2.89. The first kappa shape index (κ1) is 11.2. The van der Waals surface area contributed by atoms with Crippen LogP contribution in [0.3, 0.4) is 0 Å². The molecule has 0 fully saturated rings. The number of carbonyl (C=O) groups excluding carboxylic acids is 1. The van der Waals surface area contributed by atoms with E-state index in [9.17, 15) is 4.79 Å². The maximum atomic E-state index is 12.2. The van der Waals surface area contributed by atoms with Gasteiger partial charge in [-0.05, 0) is 43.0 Å². The Morgan fingerprint density at radius 2 is 2.06 bits per heavy atom. The number of benzene rings is 1. The molecular formula is C15H12O2S. The lowest BCUT2D eigenvalue weighted by Crippen LogP contribution is -1.98. The van der Waals surface area contributed by atoms with E-state index in [-0.39, 0.29) is 5.78 Å². The molecule has 2 heterocycles. The van der Waals surface area contributed by atoms with Gasteiger partial charge < -0.3 is 4.74 Å². The van der Waals surface area contributed by atoms with Crippen molar-refractivity contribution in [3.8, 4) is 5.75 Å². The van der Waals surface area contributed by atoms with E-state index in [1.807, 2.05) is 49.6 Å². The van der Waals surface area contributed by atoms with Crippen molar-refractivity contribution in [1.29, 1.82) is 0 Å². The lowest BCUT2D eigenvalue weighted by Gasteiger charge is -1.97. The molecular weight excluding hydrogens is 244 g/mol. The third-order valence-electron chi connectivity index (χ3n) is 2.99. The van der Waals surface area contributed by atoms with Gasteiger partial charge in [0, 0.05) is 11.0 Å². The van der Waals surface area contributed by atoms with Crippen LogP contribution in [0.25, 0.3) is 6.08 Å². The molecule has 18 heavy (non-hydrogen) atoms. The highest BCUT2D eigenvalue weighted by Crippen LogP contribution is 2.33. The Balaban J connectivity index is 2.03. The first-order chi connectivity index (χ1) is 8.65. The van der Waals surface area contributed by atoms with Gasteiger partial charge in [0.1, 0.15) is 5.75 Å². The van der Waals surface area contributed by atoms with Crippen molar-refractivity contribution in [2.24, 2.45) is 0 Å². The van der Waals surface area contributed by atoms with Gasteiger partial charge in [-0.15, -0.1) is 11.3 Å². The van der Waals surface area contributed by atoms with E-state index < -0.39 is 0 Å². The molecule has 0 radical (unpaired) electrons. The number of rotatable bonds is 1. The molecule has 0 saturated carbocycles. The van der Waals surface area contributed by atoms with Crippen molar-refractivity contribution in [3.05, 3.63) is 57.0 Å². The summed E-state index contributed by atoms with van der Waals surface area (Å²) in [5, 5.41) is 2.01. The molecule has 0 saturated heterocycles. The molecule has 0 N–H and O–H groups in total. The lowest BCUT2D eigenvalue weighted by atomic mass is 10.1. The molecule has 2 aromatic rings. The molecule has 1 aromatic heterocycles. The van der Waals surface area contributed by atoms with E-state index in [1.165, 1.54) is 0 Å². The summed E-state index contributed by atoms with van der Waals surface area (Å²) in [7, 11) is 0. The first-order valence-corrected chi connectivity index (χ1v) is 6.62. The lowest BCUT2D eigenvalue weighted by molar-refractivity contribution is 0.101. The Hall–Kier alpha value is -1.87. The highest BCUT2D eigenvalue weighted by atomic mass is 32.1. The highest BCUT2D eigenvalue weighted by molar-refractivity contribution is 7.11. The Morgan fingerprint density at radius 3 is 2.78 bits per heavy atom. The van der Waals surface area contributed by atoms with Crippen LogP contribution >= 0.6 is 11.3 Å². The Morgan fingerprint density at radius 1 is 1.22 bits per heavy atom. The normalized spacial score (nSPS) is 15.9. The van der Waals surface area contributed by atoms with Crippen molar-refractivity contribution >= 4 is 23.2 Å². The molecule has 2 nitrogen and oxygen atoms in total. The van der Waals surface area contributed by atoms with Gasteiger partial charge in [-0.2, -0.15) is 0 Å². The van der Waals surface area contributed by atoms with E-state index >= 15 is 0 Å². The van der Waals surface area contributed by atoms with Crippen LogP contribution in [0, 0.1) is 13.8 Å². The second-order valence-electron chi connectivity index (χ2n) is 4.41. The van der Waals surface area contributed by atoms with Crippen molar-refractivity contribution in [1.82, 2.24) is 0 Å². The van der Waals surface area contributed by atoms with Crippen molar-refractivity contribution in [2.75, 3.05) is 0 Å². The van der Waals surface area contributed by atoms with Gasteiger partial charge in [0.2, 0.25) is 5.78 Å². The Bertz CT molecular complexity index is 665. The van der Waals surface area contributed by atoms with Crippen molar-refractivity contribution in [3.63, 3.8) is 0 Å². The molecule has 1 aliphatic heterocycles. The van der Waals surface area contributed by atoms with Crippen LogP contribution < -0.4 is 4.74 Å². The summed E-state index contributed by atoms with van der Waals surface area (Å²) in [6, 6.07) is 7.71. The molecule has 3 heteroatoms. The maximum Gasteiger partial charge on any atom is 0.232 e. The molecule has 1 aliphatic rings. The van der Waals surface area contributed by atoms with Gasteiger partial charge in [-0.3, -0.25) is 4.79 Å². The van der Waals surface area contributed by atoms with Crippen LogP contribution in [0.2, 0.25) is 0 Å². The zero-order chi connectivity index (χ0) is 12.7. The largest absolute Gasteiger partial charge is 0.452 e. The SMILES string of the molecule is Cc1ccc2c(c1)C(=O)/C(=C/c1sccc1C)O2. The number of hydrogen-bond donors (Lipinski definition) is 0.